The van der Waals surface area contributed by atoms with E-state index in [0.717, 1.165) is 108 Å². The van der Waals surface area contributed by atoms with Gasteiger partial charge in [-0.05, 0) is 228 Å². The van der Waals surface area contributed by atoms with Gasteiger partial charge >= 0.3 is 0 Å². The van der Waals surface area contributed by atoms with Crippen molar-refractivity contribution in [1.29, 1.82) is 0 Å². The minimum absolute atomic E-state index is 0.0871. The van der Waals surface area contributed by atoms with Gasteiger partial charge in [0.2, 0.25) is 0 Å². The zero-order valence-electron chi connectivity index (χ0n) is 59.9. The maximum Gasteiger partial charge on any atom is 0.269 e. The van der Waals surface area contributed by atoms with Gasteiger partial charge in [0.05, 0.1) is 19.1 Å². The van der Waals surface area contributed by atoms with Crippen LogP contribution in [0.1, 0.15) is 0 Å². The maximum absolute atomic E-state index is 10.9. The SMILES string of the molecule is CN(c1ccc(-c2ccc(N(c3ccccc3)c3ccccc3)cc2)cc1)c1ccc([N+](=O)[O-])cc1.COc1ccc(N(C)c2ccc(-c3ccc(N(c4ccccc4)c4ccccc4)cc3)cc2)cc1.COc1cccc(N(C)c2ccc(-c3ccc(N(c4ccccc4)c4ccccc4)cc3)cc2)c1. The van der Waals surface area contributed by atoms with Crippen LogP contribution in [0.3, 0.4) is 0 Å². The molecular formula is C95H81N7O4. The van der Waals surface area contributed by atoms with E-state index >= 15 is 0 Å². The van der Waals surface area contributed by atoms with E-state index in [1.807, 2.05) is 78.7 Å². The lowest BCUT2D eigenvalue weighted by Crippen LogP contribution is -2.09. The zero-order chi connectivity index (χ0) is 73.0. The van der Waals surface area contributed by atoms with Crippen LogP contribution >= 0.6 is 0 Å². The van der Waals surface area contributed by atoms with E-state index in [1.54, 1.807) is 26.4 Å². The Morgan fingerprint density at radius 3 is 0.651 bits per heavy atom. The highest BCUT2D eigenvalue weighted by molar-refractivity contribution is 5.83. The fourth-order valence-corrected chi connectivity index (χ4v) is 12.7. The number of hydrogen-bond donors (Lipinski definition) is 0. The Labute approximate surface area is 622 Å². The van der Waals surface area contributed by atoms with Crippen molar-refractivity contribution in [1.82, 2.24) is 0 Å². The number of non-ortho nitro benzene ring substituents is 1. The summed E-state index contributed by atoms with van der Waals surface area (Å²) < 4.78 is 10.6. The molecule has 0 atom stereocenters. The topological polar surface area (TPSA) is 81.0 Å². The molecule has 106 heavy (non-hydrogen) atoms. The molecule has 15 aromatic rings. The molecule has 0 fully saturated rings. The lowest BCUT2D eigenvalue weighted by Gasteiger charge is -2.25. The highest BCUT2D eigenvalue weighted by Crippen LogP contribution is 2.41. The van der Waals surface area contributed by atoms with Crippen LogP contribution < -0.4 is 38.9 Å². The summed E-state index contributed by atoms with van der Waals surface area (Å²) in [7, 11) is 9.48. The first-order valence-corrected chi connectivity index (χ1v) is 35.1. The van der Waals surface area contributed by atoms with Crippen LogP contribution in [0.25, 0.3) is 33.4 Å². The highest BCUT2D eigenvalue weighted by atomic mass is 16.6. The van der Waals surface area contributed by atoms with Gasteiger partial charge in [0.1, 0.15) is 11.5 Å². The first-order valence-electron chi connectivity index (χ1n) is 35.1. The number of para-hydroxylation sites is 6. The van der Waals surface area contributed by atoms with Crippen LogP contribution in [-0.4, -0.2) is 40.3 Å². The maximum atomic E-state index is 10.9. The van der Waals surface area contributed by atoms with Crippen molar-refractivity contribution in [2.45, 2.75) is 0 Å². The molecule has 0 radical (unpaired) electrons. The van der Waals surface area contributed by atoms with E-state index < -0.39 is 0 Å². The number of anilines is 15. The molecule has 0 heterocycles. The number of methoxy groups -OCH3 is 2. The zero-order valence-corrected chi connectivity index (χ0v) is 59.9. The molecule has 15 aromatic carbocycles. The predicted molar refractivity (Wildman–Crippen MR) is 443 cm³/mol. The van der Waals surface area contributed by atoms with Gasteiger partial charge < -0.3 is 38.9 Å². The number of nitro benzene ring substituents is 1. The van der Waals surface area contributed by atoms with Gasteiger partial charge in [0.25, 0.3) is 5.69 Å². The lowest BCUT2D eigenvalue weighted by molar-refractivity contribution is -0.384. The summed E-state index contributed by atoms with van der Waals surface area (Å²) in [5.41, 5.74) is 23.5. The predicted octanol–water partition coefficient (Wildman–Crippen LogP) is 25.7. The molecule has 0 aliphatic carbocycles. The third-order valence-electron chi connectivity index (χ3n) is 18.6. The largest absolute Gasteiger partial charge is 0.497 e. The Morgan fingerprint density at radius 1 is 0.217 bits per heavy atom. The average molecular weight is 1380 g/mol. The van der Waals surface area contributed by atoms with Gasteiger partial charge in [-0.2, -0.15) is 0 Å². The summed E-state index contributed by atoms with van der Waals surface area (Å²) in [6.45, 7) is 0. The molecule has 520 valence electrons. The molecular weight excluding hydrogens is 1300 g/mol. The summed E-state index contributed by atoms with van der Waals surface area (Å²) >= 11 is 0. The minimum atomic E-state index is -0.386. The van der Waals surface area contributed by atoms with Crippen molar-refractivity contribution >= 4 is 91.0 Å². The Bertz CT molecular complexity index is 5090. The fraction of sp³-hybridized carbons (Fsp3) is 0.0526. The standard InChI is InChI=1S/2C32H28N2O.C31H25N3O2/c1-33(31-14-9-15-32(24-31)35-2)27-20-16-25(17-21-27)26-18-22-30(23-19-26)34(28-10-5-3-6-11-28)29-12-7-4-8-13-29;1-33(28-21-23-32(35-2)24-22-28)27-17-13-25(14-18-27)26-15-19-31(20-16-26)34(29-9-5-3-6-10-29)30-11-7-4-8-12-30;1-32(27-20-22-31(23-21-27)34(35)36)26-16-12-24(13-17-26)25-14-18-30(19-15-25)33(28-8-4-2-5-9-28)29-10-6-3-7-11-29/h2*3-24H,1-2H3;2-23H,1H3. The van der Waals surface area contributed by atoms with E-state index in [2.05, 4.69) is 348 Å². The lowest BCUT2D eigenvalue weighted by atomic mass is 10.0. The third-order valence-corrected chi connectivity index (χ3v) is 18.6. The van der Waals surface area contributed by atoms with E-state index in [-0.39, 0.29) is 10.6 Å². The number of benzene rings is 15. The van der Waals surface area contributed by atoms with E-state index in [1.165, 1.54) is 34.4 Å². The average Bonchev–Trinajstić information content (AvgIpc) is 0.816. The monoisotopic (exact) mass is 1380 g/mol. The molecule has 11 heteroatoms. The summed E-state index contributed by atoms with van der Waals surface area (Å²) in [6, 6.07) is 137. The third kappa shape index (κ3) is 17.2. The smallest absolute Gasteiger partial charge is 0.269 e. The Kier molecular flexibility index (Phi) is 22.7. The number of rotatable bonds is 21. The van der Waals surface area contributed by atoms with Crippen molar-refractivity contribution in [3.8, 4) is 44.9 Å². The molecule has 0 N–H and O–H groups in total. The molecule has 0 bridgehead atoms. The second kappa shape index (κ2) is 34.2. The number of nitro groups is 1. The number of hydrogen-bond acceptors (Lipinski definition) is 10. The summed E-state index contributed by atoms with van der Waals surface area (Å²) in [5.74, 6) is 1.71. The van der Waals surface area contributed by atoms with Crippen molar-refractivity contribution in [3.63, 3.8) is 0 Å². The van der Waals surface area contributed by atoms with Crippen LogP contribution in [0.2, 0.25) is 0 Å². The van der Waals surface area contributed by atoms with E-state index in [9.17, 15) is 10.1 Å². The number of ether oxygens (including phenoxy) is 2. The van der Waals surface area contributed by atoms with Crippen molar-refractivity contribution in [2.75, 3.05) is 64.8 Å². The van der Waals surface area contributed by atoms with Gasteiger partial charge in [-0.1, -0.05) is 188 Å². The van der Waals surface area contributed by atoms with Crippen LogP contribution in [0, 0.1) is 10.1 Å². The Morgan fingerprint density at radius 2 is 0.415 bits per heavy atom. The summed E-state index contributed by atoms with van der Waals surface area (Å²) in [6.07, 6.45) is 0. The van der Waals surface area contributed by atoms with Crippen molar-refractivity contribution < 1.29 is 14.4 Å². The quantitative estimate of drug-likeness (QED) is 0.0513. The Hall–Kier alpha value is -13.9. The van der Waals surface area contributed by atoms with E-state index in [4.69, 9.17) is 9.47 Å². The normalized spacial score (nSPS) is 10.6. The molecule has 0 aliphatic heterocycles. The molecule has 0 amide bonds. The molecule has 0 spiro atoms. The van der Waals surface area contributed by atoms with Crippen molar-refractivity contribution in [3.05, 3.63) is 410 Å². The summed E-state index contributed by atoms with van der Waals surface area (Å²) in [4.78, 5) is 23.7. The number of nitrogens with zero attached hydrogens (tertiary/aromatic N) is 7. The van der Waals surface area contributed by atoms with Gasteiger partial charge in [-0.3, -0.25) is 10.1 Å². The van der Waals surface area contributed by atoms with Crippen molar-refractivity contribution in [2.24, 2.45) is 0 Å². The van der Waals surface area contributed by atoms with Gasteiger partial charge in [-0.25, -0.2) is 0 Å². The van der Waals surface area contributed by atoms with Gasteiger partial charge in [-0.15, -0.1) is 0 Å². The molecule has 11 nitrogen and oxygen atoms in total. The van der Waals surface area contributed by atoms with Crippen LogP contribution in [0.15, 0.2) is 400 Å². The summed E-state index contributed by atoms with van der Waals surface area (Å²) in [5, 5.41) is 10.9. The van der Waals surface area contributed by atoms with Gasteiger partial charge in [0, 0.05) is 125 Å². The van der Waals surface area contributed by atoms with E-state index in [0.29, 0.717) is 0 Å². The molecule has 0 aromatic heterocycles. The molecule has 15 rings (SSSR count). The van der Waals surface area contributed by atoms with Crippen LogP contribution in [0.4, 0.5) is 91.0 Å². The molecule has 0 unspecified atom stereocenters. The first-order chi connectivity index (χ1) is 52.0. The fourth-order valence-electron chi connectivity index (χ4n) is 12.7. The molecule has 0 saturated carbocycles. The van der Waals surface area contributed by atoms with Gasteiger partial charge in [0.15, 0.2) is 0 Å². The molecule has 0 saturated heterocycles. The Balaban J connectivity index is 0.000000141. The van der Waals surface area contributed by atoms with Crippen LogP contribution in [0.5, 0.6) is 11.5 Å². The second-order valence-corrected chi connectivity index (χ2v) is 25.2. The second-order valence-electron chi connectivity index (χ2n) is 25.2. The highest BCUT2D eigenvalue weighted by Gasteiger charge is 2.17. The van der Waals surface area contributed by atoms with Crippen LogP contribution in [-0.2, 0) is 0 Å². The first kappa shape index (κ1) is 70.5. The molecule has 0 aliphatic rings. The minimum Gasteiger partial charge on any atom is -0.497 e.